The predicted octanol–water partition coefficient (Wildman–Crippen LogP) is -3.05. The van der Waals surface area contributed by atoms with Gasteiger partial charge >= 0.3 is 0 Å². The fourth-order valence-corrected chi connectivity index (χ4v) is 2.10. The molecule has 0 spiro atoms. The summed E-state index contributed by atoms with van der Waals surface area (Å²) in [6.45, 7) is 1.48. The van der Waals surface area contributed by atoms with Gasteiger partial charge in [-0.15, -0.1) is 0 Å². The molecule has 0 aromatic rings. The average molecular weight is 280 g/mol. The Labute approximate surface area is 110 Å². The number of aliphatic hydroxyl groups excluding tert-OH is 5. The van der Waals surface area contributed by atoms with Crippen molar-refractivity contribution >= 4 is 0 Å². The van der Waals surface area contributed by atoms with Crippen molar-refractivity contribution in [3.8, 4) is 0 Å². The summed E-state index contributed by atoms with van der Waals surface area (Å²) in [5.74, 6) is 0. The normalized spacial score (nSPS) is 48.6. The Morgan fingerprint density at radius 2 is 1.84 bits per heavy atom. The maximum atomic E-state index is 9.68. The maximum absolute atomic E-state index is 9.68. The van der Waals surface area contributed by atoms with Crippen molar-refractivity contribution in [2.45, 2.75) is 55.9 Å². The van der Waals surface area contributed by atoms with Gasteiger partial charge in [0.15, 0.2) is 6.29 Å². The van der Waals surface area contributed by atoms with Crippen molar-refractivity contribution in [3.05, 3.63) is 0 Å². The molecule has 0 amide bonds. The van der Waals surface area contributed by atoms with Crippen LogP contribution in [0.25, 0.3) is 0 Å². The Morgan fingerprint density at radius 3 is 2.37 bits per heavy atom. The third kappa shape index (κ3) is 3.06. The summed E-state index contributed by atoms with van der Waals surface area (Å²) in [6, 6.07) is 0. The Kier molecular flexibility index (Phi) is 4.75. The number of hydrogen-bond acceptors (Lipinski definition) is 8. The molecule has 0 aromatic carbocycles. The molecule has 2 aliphatic heterocycles. The Bertz CT molecular complexity index is 300. The van der Waals surface area contributed by atoms with Gasteiger partial charge in [0, 0.05) is 0 Å². The third-order valence-electron chi connectivity index (χ3n) is 3.46. The molecule has 2 fully saturated rings. The van der Waals surface area contributed by atoms with Gasteiger partial charge in [0.25, 0.3) is 0 Å². The quantitative estimate of drug-likeness (QED) is 0.367. The first-order valence-corrected chi connectivity index (χ1v) is 6.21. The van der Waals surface area contributed by atoms with Crippen LogP contribution in [0, 0.1) is 0 Å². The van der Waals surface area contributed by atoms with Crippen molar-refractivity contribution in [2.24, 2.45) is 0 Å². The van der Waals surface area contributed by atoms with Crippen LogP contribution in [0.2, 0.25) is 0 Å². The molecule has 8 atom stereocenters. The van der Waals surface area contributed by atoms with Gasteiger partial charge in [-0.3, -0.25) is 0 Å². The molecule has 2 aliphatic rings. The first kappa shape index (κ1) is 15.1. The summed E-state index contributed by atoms with van der Waals surface area (Å²) < 4.78 is 15.3. The zero-order valence-corrected chi connectivity index (χ0v) is 10.5. The molecule has 8 heteroatoms. The number of ether oxygens (including phenoxy) is 3. The smallest absolute Gasteiger partial charge is 0.186 e. The van der Waals surface area contributed by atoms with Gasteiger partial charge in [0.05, 0.1) is 19.3 Å². The van der Waals surface area contributed by atoms with Crippen LogP contribution in [0.1, 0.15) is 6.92 Å². The van der Waals surface area contributed by atoms with Gasteiger partial charge in [0.1, 0.15) is 36.6 Å². The number of hydrogen-bond donors (Lipinski definition) is 5. The highest BCUT2D eigenvalue weighted by Gasteiger charge is 2.43. The highest BCUT2D eigenvalue weighted by Crippen LogP contribution is 2.23. The first-order chi connectivity index (χ1) is 8.91. The molecule has 0 saturated carbocycles. The van der Waals surface area contributed by atoms with Gasteiger partial charge in [-0.25, -0.2) is 0 Å². The van der Waals surface area contributed by atoms with E-state index in [2.05, 4.69) is 0 Å². The molecule has 8 nitrogen and oxygen atoms in total. The zero-order chi connectivity index (χ0) is 14.2. The molecule has 3 unspecified atom stereocenters. The third-order valence-corrected chi connectivity index (χ3v) is 3.46. The second-order valence-corrected chi connectivity index (χ2v) is 4.95. The highest BCUT2D eigenvalue weighted by atomic mass is 16.7. The summed E-state index contributed by atoms with van der Waals surface area (Å²) in [5.41, 5.74) is 0. The van der Waals surface area contributed by atoms with Gasteiger partial charge in [-0.05, 0) is 6.92 Å². The lowest BCUT2D eigenvalue weighted by molar-refractivity contribution is -0.303. The maximum Gasteiger partial charge on any atom is 0.186 e. The van der Waals surface area contributed by atoms with E-state index in [4.69, 9.17) is 14.2 Å². The molecule has 0 aromatic heterocycles. The molecule has 112 valence electrons. The minimum absolute atomic E-state index is 0.173. The summed E-state index contributed by atoms with van der Waals surface area (Å²) in [6.07, 6.45) is -8.35. The Balaban J connectivity index is 1.81. The van der Waals surface area contributed by atoms with Crippen LogP contribution in [-0.2, 0) is 14.2 Å². The molecule has 19 heavy (non-hydrogen) atoms. The van der Waals surface area contributed by atoms with Crippen LogP contribution in [0.3, 0.4) is 0 Å². The second-order valence-electron chi connectivity index (χ2n) is 4.95. The molecule has 2 saturated heterocycles. The van der Waals surface area contributed by atoms with E-state index in [1.165, 1.54) is 6.92 Å². The number of rotatable bonds is 4. The summed E-state index contributed by atoms with van der Waals surface area (Å²) in [4.78, 5) is 0. The van der Waals surface area contributed by atoms with Crippen molar-refractivity contribution in [2.75, 3.05) is 13.2 Å². The fraction of sp³-hybridized carbons (Fsp3) is 1.00. The SMILES string of the molecule is CC1O[C@@H](OC[C@@H](O)[C@H]2OCC2O)[C@@H](O)C(O)[C@@H]1O. The molecule has 2 rings (SSSR count). The van der Waals surface area contributed by atoms with Crippen molar-refractivity contribution < 1.29 is 39.7 Å². The standard InChI is InChI=1S/C11H20O8/c1-4-7(14)8(15)9(16)11(19-4)18-3-6(13)10-5(12)2-17-10/h4-16H,2-3H2,1H3/t4?,5?,6-,7-,8?,9+,10+,11-/m1/s1. The molecule has 5 N–H and O–H groups in total. The largest absolute Gasteiger partial charge is 0.388 e. The summed E-state index contributed by atoms with van der Waals surface area (Å²) in [7, 11) is 0. The van der Waals surface area contributed by atoms with Crippen LogP contribution in [0.4, 0.5) is 0 Å². The summed E-state index contributed by atoms with van der Waals surface area (Å²) >= 11 is 0. The first-order valence-electron chi connectivity index (χ1n) is 6.21. The van der Waals surface area contributed by atoms with Crippen LogP contribution >= 0.6 is 0 Å². The lowest BCUT2D eigenvalue weighted by atomic mass is 10.00. The van der Waals surface area contributed by atoms with Crippen LogP contribution in [0.5, 0.6) is 0 Å². The Hall–Kier alpha value is -0.320. The molecule has 0 aliphatic carbocycles. The van der Waals surface area contributed by atoms with Crippen LogP contribution in [-0.4, -0.2) is 87.8 Å². The van der Waals surface area contributed by atoms with E-state index < -0.39 is 49.0 Å². The minimum atomic E-state index is -1.41. The van der Waals surface area contributed by atoms with E-state index in [9.17, 15) is 25.5 Å². The monoisotopic (exact) mass is 280 g/mol. The second kappa shape index (κ2) is 5.98. The molecular weight excluding hydrogens is 260 g/mol. The van der Waals surface area contributed by atoms with Gasteiger partial charge < -0.3 is 39.7 Å². The number of aliphatic hydroxyl groups is 5. The fourth-order valence-electron chi connectivity index (χ4n) is 2.10. The van der Waals surface area contributed by atoms with E-state index in [0.717, 1.165) is 0 Å². The van der Waals surface area contributed by atoms with Crippen molar-refractivity contribution in [3.63, 3.8) is 0 Å². The van der Waals surface area contributed by atoms with Gasteiger partial charge in [-0.2, -0.15) is 0 Å². The minimum Gasteiger partial charge on any atom is -0.388 e. The predicted molar refractivity (Wildman–Crippen MR) is 60.1 cm³/mol. The van der Waals surface area contributed by atoms with Crippen LogP contribution in [0.15, 0.2) is 0 Å². The van der Waals surface area contributed by atoms with E-state index in [0.29, 0.717) is 0 Å². The van der Waals surface area contributed by atoms with Crippen molar-refractivity contribution in [1.29, 1.82) is 0 Å². The lowest BCUT2D eigenvalue weighted by Gasteiger charge is -2.40. The average Bonchev–Trinajstić information content (AvgIpc) is 2.37. The Morgan fingerprint density at radius 1 is 1.16 bits per heavy atom. The lowest BCUT2D eigenvalue weighted by Crippen LogP contribution is -2.58. The highest BCUT2D eigenvalue weighted by molar-refractivity contribution is 4.88. The molecule has 2 heterocycles. The van der Waals surface area contributed by atoms with Gasteiger partial charge in [0.2, 0.25) is 0 Å². The molecule has 0 radical (unpaired) electrons. The van der Waals surface area contributed by atoms with E-state index >= 15 is 0 Å². The zero-order valence-electron chi connectivity index (χ0n) is 10.5. The van der Waals surface area contributed by atoms with E-state index in [1.54, 1.807) is 0 Å². The molecule has 0 bridgehead atoms. The van der Waals surface area contributed by atoms with Crippen molar-refractivity contribution in [1.82, 2.24) is 0 Å². The van der Waals surface area contributed by atoms with Crippen LogP contribution < -0.4 is 0 Å². The van der Waals surface area contributed by atoms with E-state index in [1.807, 2.05) is 0 Å². The molecular formula is C11H20O8. The van der Waals surface area contributed by atoms with E-state index in [-0.39, 0.29) is 13.2 Å². The topological polar surface area (TPSA) is 129 Å². The van der Waals surface area contributed by atoms with Gasteiger partial charge in [-0.1, -0.05) is 0 Å². The summed E-state index contributed by atoms with van der Waals surface area (Å²) in [5, 5.41) is 47.7.